The van der Waals surface area contributed by atoms with Gasteiger partial charge in [0.1, 0.15) is 18.1 Å². The van der Waals surface area contributed by atoms with Crippen LogP contribution in [-0.2, 0) is 4.79 Å². The van der Waals surface area contributed by atoms with Gasteiger partial charge in [0.15, 0.2) is 0 Å². The highest BCUT2D eigenvalue weighted by molar-refractivity contribution is 5.83. The van der Waals surface area contributed by atoms with E-state index in [1.165, 1.54) is 56.8 Å². The minimum atomic E-state index is -0.645. The molecule has 0 saturated heterocycles. The third-order valence-electron chi connectivity index (χ3n) is 17.6. The lowest BCUT2D eigenvalue weighted by Gasteiger charge is -2.34. The van der Waals surface area contributed by atoms with Crippen LogP contribution in [-0.4, -0.2) is 74.1 Å². The van der Waals surface area contributed by atoms with Crippen molar-refractivity contribution >= 4 is 17.1 Å². The van der Waals surface area contributed by atoms with Gasteiger partial charge in [0.2, 0.25) is 25.8 Å². The van der Waals surface area contributed by atoms with Crippen molar-refractivity contribution in [1.82, 2.24) is 0 Å². The molecule has 2 aromatic carbocycles. The standard InChI is InChI=1S/C24H27NO3.2C14H21NO3.C8H13NO2.C6H6O/c26-25(27)17-23(19-9-2-1-3-10-19)24(20-11-5-6-12-20)28-22-15-14-18-8-4-7-13-21(18)16-22;2*16-14(12-8-4-5-9-12)13(10-15(17)18)11-6-2-1-3-7-11;10-9(11)7-6-8-4-2-1-3-5-8;7-5-6-3-1-2-4-6/h4-8,11,13-16,19,23-24H,1-3,9-10,12,17H2;2*4-5,8,11,13-14,16H,1-3,6-7,9-10H2;6-8H,1-5H2;1-3,5H,4H2/b;;;7-6+;/t23-,24+;2*13-,14+;;/m111../s1. The smallest absolute Gasteiger partial charge is 0.230 e. The van der Waals surface area contributed by atoms with E-state index in [1.807, 2.05) is 79.0 Å². The summed E-state index contributed by atoms with van der Waals surface area (Å²) >= 11 is 0. The molecule has 4 fully saturated rings. The summed E-state index contributed by atoms with van der Waals surface area (Å²) in [5.74, 6) is 1.70. The molecule has 2 aromatic rings. The molecule has 0 bridgehead atoms. The summed E-state index contributed by atoms with van der Waals surface area (Å²) < 4.78 is 6.51. The lowest BCUT2D eigenvalue weighted by Crippen LogP contribution is -2.39. The molecule has 0 radical (unpaired) electrons. The molecule has 0 unspecified atom stereocenters. The topological polar surface area (TPSA) is 239 Å². The van der Waals surface area contributed by atoms with E-state index in [4.69, 9.17) is 4.74 Å². The molecule has 4 saturated carbocycles. The monoisotopic (exact) mass is 1130 g/mol. The first kappa shape index (κ1) is 64.5. The van der Waals surface area contributed by atoms with Gasteiger partial charge in [0.25, 0.3) is 0 Å². The molecular formula is C66H88N4O12. The van der Waals surface area contributed by atoms with E-state index in [9.17, 15) is 55.5 Å². The number of allylic oxidation sites excluding steroid dienone is 14. The van der Waals surface area contributed by atoms with Gasteiger partial charge in [-0.05, 0) is 152 Å². The van der Waals surface area contributed by atoms with E-state index in [-0.39, 0.29) is 63.2 Å². The molecule has 82 heavy (non-hydrogen) atoms. The maximum atomic E-state index is 11.5. The molecular weight excluding hydrogens is 1040 g/mol. The number of carbonyl (C=O) groups is 1. The summed E-state index contributed by atoms with van der Waals surface area (Å²) in [5, 5.41) is 66.2. The number of aldehydes is 1. The summed E-state index contributed by atoms with van der Waals surface area (Å²) in [6, 6.07) is 14.3. The van der Waals surface area contributed by atoms with Crippen molar-refractivity contribution in [3.8, 4) is 5.75 Å². The van der Waals surface area contributed by atoms with Crippen LogP contribution in [0.2, 0.25) is 0 Å². The average molecular weight is 1130 g/mol. The highest BCUT2D eigenvalue weighted by atomic mass is 16.6. The molecule has 6 atom stereocenters. The second-order valence-corrected chi connectivity index (χ2v) is 23.3. The van der Waals surface area contributed by atoms with Gasteiger partial charge in [-0.25, -0.2) is 0 Å². The van der Waals surface area contributed by atoms with Gasteiger partial charge >= 0.3 is 0 Å². The van der Waals surface area contributed by atoms with Crippen LogP contribution in [0.4, 0.5) is 0 Å². The molecule has 16 nitrogen and oxygen atoms in total. The maximum absolute atomic E-state index is 11.5. The molecule has 2 N–H and O–H groups in total. The Hall–Kier alpha value is -6.65. The van der Waals surface area contributed by atoms with Crippen LogP contribution < -0.4 is 4.74 Å². The van der Waals surface area contributed by atoms with Gasteiger partial charge < -0.3 is 14.9 Å². The minimum Gasteiger partial charge on any atom is -0.485 e. The zero-order chi connectivity index (χ0) is 58.5. The molecule has 8 aliphatic carbocycles. The number of nitro groups is 4. The van der Waals surface area contributed by atoms with Crippen LogP contribution in [0.15, 0.2) is 150 Å². The van der Waals surface area contributed by atoms with Gasteiger partial charge in [-0.15, -0.1) is 0 Å². The number of rotatable bonds is 20. The van der Waals surface area contributed by atoms with Gasteiger partial charge in [0.05, 0.1) is 34.9 Å². The zero-order valence-electron chi connectivity index (χ0n) is 47.8. The molecule has 0 spiro atoms. The largest absolute Gasteiger partial charge is 0.485 e. The first-order valence-corrected chi connectivity index (χ1v) is 30.4. The van der Waals surface area contributed by atoms with Crippen LogP contribution in [0.5, 0.6) is 5.75 Å². The van der Waals surface area contributed by atoms with Gasteiger partial charge in [-0.1, -0.05) is 180 Å². The number of carbonyl (C=O) groups excluding carboxylic acids is 1. The van der Waals surface area contributed by atoms with Gasteiger partial charge in [-0.3, -0.25) is 45.3 Å². The highest BCUT2D eigenvalue weighted by Crippen LogP contribution is 2.39. The minimum absolute atomic E-state index is 0.0275. The number of fused-ring (bicyclic) bond motifs is 1. The quantitative estimate of drug-likeness (QED) is 0.0715. The number of benzene rings is 2. The summed E-state index contributed by atoms with van der Waals surface area (Å²) in [5.41, 5.74) is 3.91. The molecule has 8 aliphatic rings. The van der Waals surface area contributed by atoms with Crippen molar-refractivity contribution in [2.75, 3.05) is 19.6 Å². The van der Waals surface area contributed by atoms with Crippen molar-refractivity contribution in [2.45, 2.75) is 172 Å². The van der Waals surface area contributed by atoms with E-state index in [2.05, 4.69) is 36.4 Å². The fraction of sp³-hybridized carbons (Fsp3) is 0.561. The van der Waals surface area contributed by atoms with E-state index in [1.54, 1.807) is 6.08 Å². The molecule has 444 valence electrons. The molecule has 0 amide bonds. The maximum Gasteiger partial charge on any atom is 0.230 e. The van der Waals surface area contributed by atoms with E-state index < -0.39 is 12.2 Å². The Morgan fingerprint density at radius 3 is 1.32 bits per heavy atom. The van der Waals surface area contributed by atoms with Crippen molar-refractivity contribution in [2.24, 2.45) is 41.4 Å². The van der Waals surface area contributed by atoms with E-state index in [0.717, 1.165) is 149 Å². The van der Waals surface area contributed by atoms with Crippen LogP contribution in [0, 0.1) is 81.9 Å². The summed E-state index contributed by atoms with van der Waals surface area (Å²) in [6.45, 7) is -0.243. The Bertz CT molecular complexity index is 2590. The van der Waals surface area contributed by atoms with E-state index >= 15 is 0 Å². The SMILES string of the molecule is O=CC1=CC=CC1.O=[N+]([O-])/C=C/C1CCCCC1.O=[N+]([O-])C[C@H](C1CCCCC1)[C@@H](O)C1=CC=CC1.O=[N+]([O-])C[C@H](C1CCCCC1)[C@@H](O)C1=CC=CC1.O=[N+]([O-])C[C@H](C1CCCCC1)[C@@H](Oc1ccc2ccccc2c1)C1=CC=CC1. The Labute approximate surface area is 484 Å². The van der Waals surface area contributed by atoms with Crippen LogP contribution >= 0.6 is 0 Å². The van der Waals surface area contributed by atoms with Crippen molar-refractivity contribution in [1.29, 1.82) is 0 Å². The number of hydrogen-bond donors (Lipinski definition) is 2. The number of nitrogens with zero attached hydrogens (tertiary/aromatic N) is 4. The van der Waals surface area contributed by atoms with Crippen LogP contribution in [0.25, 0.3) is 10.8 Å². The van der Waals surface area contributed by atoms with Crippen LogP contribution in [0.1, 0.15) is 154 Å². The summed E-state index contributed by atoms with van der Waals surface area (Å²) in [7, 11) is 0. The predicted molar refractivity (Wildman–Crippen MR) is 322 cm³/mol. The Balaban J connectivity index is 0.000000176. The third kappa shape index (κ3) is 21.9. The summed E-state index contributed by atoms with van der Waals surface area (Å²) in [6.07, 6.45) is 51.6. The Kier molecular flexibility index (Phi) is 27.8. The number of aliphatic hydroxyl groups excluding tert-OH is 2. The average Bonchev–Trinajstić information content (AvgIpc) is 4.39. The highest BCUT2D eigenvalue weighted by Gasteiger charge is 2.39. The number of ether oxygens (including phenoxy) is 1. The van der Waals surface area contributed by atoms with Crippen LogP contribution in [0.3, 0.4) is 0 Å². The number of aliphatic hydroxyl groups is 2. The normalized spacial score (nSPS) is 21.2. The fourth-order valence-corrected chi connectivity index (χ4v) is 13.2. The fourth-order valence-electron chi connectivity index (χ4n) is 13.2. The first-order valence-electron chi connectivity index (χ1n) is 30.4. The number of hydrogen-bond acceptors (Lipinski definition) is 12. The van der Waals surface area contributed by atoms with Crippen molar-refractivity contribution in [3.05, 3.63) is 190 Å². The predicted octanol–water partition coefficient (Wildman–Crippen LogP) is 14.8. The van der Waals surface area contributed by atoms with Gasteiger partial charge in [-0.2, -0.15) is 0 Å². The van der Waals surface area contributed by atoms with Gasteiger partial charge in [0, 0.05) is 14.8 Å². The lowest BCUT2D eigenvalue weighted by atomic mass is 9.75. The Morgan fingerprint density at radius 1 is 0.500 bits per heavy atom. The zero-order valence-corrected chi connectivity index (χ0v) is 47.8. The first-order chi connectivity index (χ1) is 39.8. The second-order valence-electron chi connectivity index (χ2n) is 23.3. The molecule has 10 rings (SSSR count). The van der Waals surface area contributed by atoms with E-state index in [0.29, 0.717) is 23.7 Å². The molecule has 16 heteroatoms. The second kappa shape index (κ2) is 35.4. The molecule has 0 heterocycles. The molecule has 0 aliphatic heterocycles. The summed E-state index contributed by atoms with van der Waals surface area (Å²) in [4.78, 5) is 52.0. The third-order valence-corrected chi connectivity index (χ3v) is 17.6. The Morgan fingerprint density at radius 2 is 0.915 bits per heavy atom. The van der Waals surface area contributed by atoms with Crippen molar-refractivity contribution < 1.29 is 39.4 Å². The molecule has 0 aromatic heterocycles. The van der Waals surface area contributed by atoms with Crippen molar-refractivity contribution in [3.63, 3.8) is 0 Å². The lowest BCUT2D eigenvalue weighted by molar-refractivity contribution is -0.492.